The third-order valence-electron chi connectivity index (χ3n) is 3.51. The highest BCUT2D eigenvalue weighted by atomic mass is 16.5. The molecule has 0 saturated carbocycles. The lowest BCUT2D eigenvalue weighted by molar-refractivity contribution is 0.444. The molecule has 0 N–H and O–H groups in total. The van der Waals surface area contributed by atoms with Gasteiger partial charge in [0, 0.05) is 23.3 Å². The van der Waals surface area contributed by atoms with Gasteiger partial charge in [-0.3, -0.25) is 0 Å². The molecule has 1 aromatic heterocycles. The van der Waals surface area contributed by atoms with Crippen molar-refractivity contribution in [3.8, 4) is 5.75 Å². The zero-order valence-electron chi connectivity index (χ0n) is 11.3. The van der Waals surface area contributed by atoms with Gasteiger partial charge in [0.05, 0.1) is 5.39 Å². The quantitative estimate of drug-likeness (QED) is 0.571. The van der Waals surface area contributed by atoms with Crippen molar-refractivity contribution in [2.24, 2.45) is 0 Å². The van der Waals surface area contributed by atoms with Gasteiger partial charge in [-0.1, -0.05) is 30.3 Å². The Kier molecular flexibility index (Phi) is 2.79. The summed E-state index contributed by atoms with van der Waals surface area (Å²) in [6, 6.07) is 17.9. The smallest absolute Gasteiger partial charge is 0.360 e. The number of hydrogen-bond acceptors (Lipinski definition) is 1. The molecule has 0 fully saturated rings. The van der Waals surface area contributed by atoms with Crippen LogP contribution in [0.25, 0.3) is 23.1 Å². The van der Waals surface area contributed by atoms with Crippen LogP contribution in [-0.2, 0) is 0 Å². The second-order valence-corrected chi connectivity index (χ2v) is 4.89. The molecule has 0 saturated heterocycles. The van der Waals surface area contributed by atoms with Gasteiger partial charge in [0.15, 0.2) is 0 Å². The summed E-state index contributed by atoms with van der Waals surface area (Å²) in [5.74, 6) is 1.71. The van der Waals surface area contributed by atoms with E-state index in [4.69, 9.17) is 9.15 Å². The third kappa shape index (κ3) is 2.21. The molecule has 0 aliphatic carbocycles. The Bertz CT molecular complexity index is 870. The fourth-order valence-electron chi connectivity index (χ4n) is 2.48. The first kappa shape index (κ1) is 11.9. The summed E-state index contributed by atoms with van der Waals surface area (Å²) in [7, 11) is 0. The van der Waals surface area contributed by atoms with Crippen molar-refractivity contribution in [3.63, 3.8) is 0 Å². The molecule has 0 radical (unpaired) electrons. The van der Waals surface area contributed by atoms with Gasteiger partial charge >= 0.3 is 11.8 Å². The summed E-state index contributed by atoms with van der Waals surface area (Å²) in [6.07, 6.45) is 7.79. The monoisotopic (exact) mass is 273 g/mol. The minimum absolute atomic E-state index is 0.824. The number of para-hydroxylation sites is 2. The maximum absolute atomic E-state index is 5.93. The predicted octanol–water partition coefficient (Wildman–Crippen LogP) is 5.16. The van der Waals surface area contributed by atoms with E-state index in [1.807, 2.05) is 66.7 Å². The van der Waals surface area contributed by atoms with Crippen molar-refractivity contribution in [1.82, 2.24) is 0 Å². The van der Waals surface area contributed by atoms with Crippen LogP contribution in [-0.4, -0.2) is 0 Å². The Hall–Kier alpha value is -2.87. The summed E-state index contributed by atoms with van der Waals surface area (Å²) < 4.78 is 11.4. The van der Waals surface area contributed by atoms with Gasteiger partial charge in [0.2, 0.25) is 0 Å². The van der Waals surface area contributed by atoms with Crippen LogP contribution in [0, 0.1) is 0 Å². The van der Waals surface area contributed by atoms with Crippen molar-refractivity contribution in [3.05, 3.63) is 83.8 Å². The van der Waals surface area contributed by atoms with Crippen LogP contribution in [0.15, 0.2) is 77.1 Å². The van der Waals surface area contributed by atoms with Gasteiger partial charge in [-0.05, 0) is 30.4 Å². The SMILES string of the molecule is C1=Cc2ccccc2OC1=Cc1cc[o+]c2ccccc12. The van der Waals surface area contributed by atoms with E-state index in [-0.39, 0.29) is 0 Å². The predicted molar refractivity (Wildman–Crippen MR) is 84.7 cm³/mol. The highest BCUT2D eigenvalue weighted by Crippen LogP contribution is 2.29. The van der Waals surface area contributed by atoms with Crippen molar-refractivity contribution >= 4 is 23.1 Å². The van der Waals surface area contributed by atoms with Gasteiger partial charge in [-0.2, -0.15) is 0 Å². The summed E-state index contributed by atoms with van der Waals surface area (Å²) in [5.41, 5.74) is 3.05. The second kappa shape index (κ2) is 4.91. The lowest BCUT2D eigenvalue weighted by Gasteiger charge is -2.14. The number of hydrogen-bond donors (Lipinski definition) is 0. The summed E-state index contributed by atoms with van der Waals surface area (Å²) in [5, 5.41) is 1.07. The molecule has 0 bridgehead atoms. The Morgan fingerprint density at radius 3 is 2.71 bits per heavy atom. The highest BCUT2D eigenvalue weighted by Gasteiger charge is 2.11. The first-order chi connectivity index (χ1) is 10.4. The third-order valence-corrected chi connectivity index (χ3v) is 3.51. The molecule has 2 nitrogen and oxygen atoms in total. The summed E-state index contributed by atoms with van der Waals surface area (Å²) in [4.78, 5) is 0. The van der Waals surface area contributed by atoms with Crippen LogP contribution < -0.4 is 4.74 Å². The Morgan fingerprint density at radius 1 is 0.857 bits per heavy atom. The van der Waals surface area contributed by atoms with Crippen molar-refractivity contribution in [2.75, 3.05) is 0 Å². The maximum atomic E-state index is 5.93. The molecule has 0 amide bonds. The summed E-state index contributed by atoms with van der Waals surface area (Å²) in [6.45, 7) is 0. The van der Waals surface area contributed by atoms with Gasteiger partial charge in [-0.15, -0.1) is 0 Å². The Labute approximate surface area is 122 Å². The van der Waals surface area contributed by atoms with Crippen LogP contribution in [0.1, 0.15) is 11.1 Å². The topological polar surface area (TPSA) is 20.5 Å². The van der Waals surface area contributed by atoms with Crippen molar-refractivity contribution in [1.29, 1.82) is 0 Å². The zero-order chi connectivity index (χ0) is 14.1. The molecule has 2 heteroatoms. The molecule has 2 aromatic carbocycles. The number of benzene rings is 2. The fourth-order valence-corrected chi connectivity index (χ4v) is 2.48. The Morgan fingerprint density at radius 2 is 1.71 bits per heavy atom. The van der Waals surface area contributed by atoms with E-state index in [0.717, 1.165) is 33.6 Å². The van der Waals surface area contributed by atoms with Gasteiger partial charge in [0.1, 0.15) is 11.5 Å². The van der Waals surface area contributed by atoms with E-state index in [1.54, 1.807) is 6.26 Å². The van der Waals surface area contributed by atoms with Crippen molar-refractivity contribution in [2.45, 2.75) is 0 Å². The summed E-state index contributed by atoms with van der Waals surface area (Å²) >= 11 is 0. The lowest BCUT2D eigenvalue weighted by atomic mass is 10.1. The van der Waals surface area contributed by atoms with Crippen LogP contribution in [0.4, 0.5) is 0 Å². The first-order valence-electron chi connectivity index (χ1n) is 6.86. The van der Waals surface area contributed by atoms with E-state index >= 15 is 0 Å². The largest absolute Gasteiger partial charge is 0.457 e. The molecule has 1 aliphatic heterocycles. The molecule has 0 unspecified atom stereocenters. The van der Waals surface area contributed by atoms with E-state index in [0.29, 0.717) is 0 Å². The average Bonchev–Trinajstić information content (AvgIpc) is 2.55. The van der Waals surface area contributed by atoms with Crippen LogP contribution in [0.2, 0.25) is 0 Å². The van der Waals surface area contributed by atoms with Crippen molar-refractivity contribution < 1.29 is 9.15 Å². The second-order valence-electron chi connectivity index (χ2n) is 4.89. The number of allylic oxidation sites excluding steroid dienone is 1. The number of rotatable bonds is 1. The van der Waals surface area contributed by atoms with Gasteiger partial charge in [0.25, 0.3) is 0 Å². The van der Waals surface area contributed by atoms with Gasteiger partial charge in [-0.25, -0.2) is 4.42 Å². The fraction of sp³-hybridized carbons (Fsp3) is 0. The zero-order valence-corrected chi connectivity index (χ0v) is 11.3. The normalized spacial score (nSPS) is 15.0. The lowest BCUT2D eigenvalue weighted by Crippen LogP contribution is -1.98. The van der Waals surface area contributed by atoms with Crippen LogP contribution in [0.5, 0.6) is 5.75 Å². The maximum Gasteiger partial charge on any atom is 0.360 e. The highest BCUT2D eigenvalue weighted by molar-refractivity contribution is 5.87. The van der Waals surface area contributed by atoms with E-state index in [1.165, 1.54) is 0 Å². The van der Waals surface area contributed by atoms with E-state index < -0.39 is 0 Å². The van der Waals surface area contributed by atoms with E-state index in [9.17, 15) is 0 Å². The van der Waals surface area contributed by atoms with Crippen LogP contribution in [0.3, 0.4) is 0 Å². The van der Waals surface area contributed by atoms with E-state index in [2.05, 4.69) is 6.08 Å². The molecule has 4 rings (SSSR count). The first-order valence-corrected chi connectivity index (χ1v) is 6.86. The molecule has 0 spiro atoms. The average molecular weight is 273 g/mol. The molecule has 100 valence electrons. The Balaban J connectivity index is 1.79. The molecular weight excluding hydrogens is 260 g/mol. The number of ether oxygens (including phenoxy) is 1. The number of fused-ring (bicyclic) bond motifs is 2. The van der Waals surface area contributed by atoms with Crippen LogP contribution >= 0.6 is 0 Å². The molecular formula is C19H13O2+. The minimum Gasteiger partial charge on any atom is -0.457 e. The minimum atomic E-state index is 0.824. The molecule has 2 heterocycles. The standard InChI is InChI=1S/C19H13O2/c1-3-7-18-14(5-1)9-10-16(21-18)13-15-11-12-20-19-8-4-2-6-17(15)19/h1-13H/q+1. The molecule has 0 atom stereocenters. The molecule has 3 aromatic rings. The van der Waals surface area contributed by atoms with Gasteiger partial charge < -0.3 is 4.74 Å². The molecule has 21 heavy (non-hydrogen) atoms. The molecule has 1 aliphatic rings.